The van der Waals surface area contributed by atoms with E-state index in [2.05, 4.69) is 4.98 Å². The molecule has 0 saturated heterocycles. The second-order valence-corrected chi connectivity index (χ2v) is 5.40. The van der Waals surface area contributed by atoms with Crippen LogP contribution in [0.25, 0.3) is 0 Å². The summed E-state index contributed by atoms with van der Waals surface area (Å²) >= 11 is 0. The maximum absolute atomic E-state index is 12.8. The van der Waals surface area contributed by atoms with Crippen LogP contribution in [0, 0.1) is 10.1 Å². The third-order valence-electron chi connectivity index (χ3n) is 4.03. The Labute approximate surface area is 133 Å². The molecule has 0 saturated carbocycles. The van der Waals surface area contributed by atoms with Crippen molar-refractivity contribution in [2.24, 2.45) is 0 Å². The van der Waals surface area contributed by atoms with Crippen molar-refractivity contribution in [1.29, 1.82) is 0 Å². The van der Waals surface area contributed by atoms with E-state index in [-0.39, 0.29) is 17.3 Å². The highest BCUT2D eigenvalue weighted by Crippen LogP contribution is 2.30. The van der Waals surface area contributed by atoms with Gasteiger partial charge in [0.2, 0.25) is 0 Å². The Kier molecular flexibility index (Phi) is 4.01. The highest BCUT2D eigenvalue weighted by Gasteiger charge is 2.25. The number of nitro groups is 1. The van der Waals surface area contributed by atoms with Gasteiger partial charge in [0.15, 0.2) is 5.75 Å². The number of nitrogens with one attached hydrogen (secondary N) is 1. The first-order chi connectivity index (χ1) is 11.1. The quantitative estimate of drug-likeness (QED) is 0.696. The van der Waals surface area contributed by atoms with E-state index >= 15 is 0 Å². The number of aryl methyl sites for hydroxylation is 1. The van der Waals surface area contributed by atoms with Crippen LogP contribution >= 0.6 is 0 Å². The van der Waals surface area contributed by atoms with Crippen molar-refractivity contribution in [2.75, 3.05) is 18.6 Å². The standard InChI is InChI=1S/C16H17N3O4/c1-23-15-10-11(5-6-14(15)19(21)22)16(20)18-9-3-2-4-12-13(18)7-8-17-12/h5-8,10,17H,2-4,9H2,1H3. The lowest BCUT2D eigenvalue weighted by Crippen LogP contribution is -2.31. The van der Waals surface area contributed by atoms with Gasteiger partial charge in [0.05, 0.1) is 17.7 Å². The monoisotopic (exact) mass is 315 g/mol. The van der Waals surface area contributed by atoms with Gasteiger partial charge in [0.1, 0.15) is 0 Å². The van der Waals surface area contributed by atoms with Crippen LogP contribution in [0.2, 0.25) is 0 Å². The predicted molar refractivity (Wildman–Crippen MR) is 85.1 cm³/mol. The number of carbonyl (C=O) groups is 1. The lowest BCUT2D eigenvalue weighted by molar-refractivity contribution is -0.385. The van der Waals surface area contributed by atoms with Gasteiger partial charge in [-0.15, -0.1) is 0 Å². The molecule has 0 bridgehead atoms. The average molecular weight is 315 g/mol. The lowest BCUT2D eigenvalue weighted by Gasteiger charge is -2.21. The molecule has 0 aliphatic carbocycles. The zero-order valence-corrected chi connectivity index (χ0v) is 12.7. The number of hydrogen-bond donors (Lipinski definition) is 1. The zero-order valence-electron chi connectivity index (χ0n) is 12.7. The molecule has 7 nitrogen and oxygen atoms in total. The van der Waals surface area contributed by atoms with Gasteiger partial charge in [0, 0.05) is 36.1 Å². The molecule has 23 heavy (non-hydrogen) atoms. The molecule has 7 heteroatoms. The fourth-order valence-corrected chi connectivity index (χ4v) is 2.87. The highest BCUT2D eigenvalue weighted by molar-refractivity contribution is 6.07. The molecule has 1 amide bonds. The van der Waals surface area contributed by atoms with E-state index in [4.69, 9.17) is 4.74 Å². The van der Waals surface area contributed by atoms with Crippen LogP contribution in [0.5, 0.6) is 5.75 Å². The minimum Gasteiger partial charge on any atom is -0.490 e. The Morgan fingerprint density at radius 1 is 1.35 bits per heavy atom. The Morgan fingerprint density at radius 3 is 2.91 bits per heavy atom. The van der Waals surface area contributed by atoms with Crippen LogP contribution < -0.4 is 9.64 Å². The molecule has 1 aromatic carbocycles. The summed E-state index contributed by atoms with van der Waals surface area (Å²) < 4.78 is 5.05. The fraction of sp³-hybridized carbons (Fsp3) is 0.312. The van der Waals surface area contributed by atoms with Crippen molar-refractivity contribution in [1.82, 2.24) is 4.98 Å². The second-order valence-electron chi connectivity index (χ2n) is 5.40. The van der Waals surface area contributed by atoms with Crippen molar-refractivity contribution >= 4 is 17.3 Å². The number of hydrogen-bond acceptors (Lipinski definition) is 4. The van der Waals surface area contributed by atoms with Crippen molar-refractivity contribution in [3.8, 4) is 5.75 Å². The minimum absolute atomic E-state index is 0.0879. The summed E-state index contributed by atoms with van der Waals surface area (Å²) in [6.45, 7) is 0.628. The minimum atomic E-state index is -0.525. The van der Waals surface area contributed by atoms with Gasteiger partial charge in [-0.3, -0.25) is 14.9 Å². The number of ether oxygens (including phenoxy) is 1. The number of carbonyl (C=O) groups excluding carboxylic acids is 1. The largest absolute Gasteiger partial charge is 0.490 e. The molecule has 2 aromatic rings. The Bertz CT molecular complexity index is 754. The van der Waals surface area contributed by atoms with Gasteiger partial charge in [-0.25, -0.2) is 0 Å². The van der Waals surface area contributed by atoms with Crippen LogP contribution in [0.15, 0.2) is 30.5 Å². The van der Waals surface area contributed by atoms with E-state index in [0.717, 1.165) is 30.6 Å². The molecule has 0 fully saturated rings. The smallest absolute Gasteiger partial charge is 0.310 e. The average Bonchev–Trinajstić information content (AvgIpc) is 2.93. The summed E-state index contributed by atoms with van der Waals surface area (Å²) in [6.07, 6.45) is 4.67. The third kappa shape index (κ3) is 2.77. The van der Waals surface area contributed by atoms with E-state index in [1.54, 1.807) is 4.90 Å². The summed E-state index contributed by atoms with van der Waals surface area (Å²) in [6, 6.07) is 6.10. The van der Waals surface area contributed by atoms with Gasteiger partial charge in [-0.2, -0.15) is 0 Å². The molecule has 0 atom stereocenters. The summed E-state index contributed by atoms with van der Waals surface area (Å²) in [7, 11) is 1.35. The summed E-state index contributed by atoms with van der Waals surface area (Å²) in [5.74, 6) is -0.0917. The van der Waals surface area contributed by atoms with E-state index < -0.39 is 4.92 Å². The Balaban J connectivity index is 1.96. The molecule has 1 aliphatic rings. The number of fused-ring (bicyclic) bond motifs is 1. The number of aromatic nitrogens is 1. The molecule has 1 N–H and O–H groups in total. The molecule has 120 valence electrons. The SMILES string of the molecule is COc1cc(C(=O)N2CCCCc3[nH]ccc32)ccc1[N+](=O)[O-]. The molecule has 0 spiro atoms. The van der Waals surface area contributed by atoms with Crippen LogP contribution in [0.1, 0.15) is 28.9 Å². The molecule has 3 rings (SSSR count). The topological polar surface area (TPSA) is 88.5 Å². The van der Waals surface area contributed by atoms with Crippen molar-refractivity contribution in [3.63, 3.8) is 0 Å². The van der Waals surface area contributed by atoms with Crippen LogP contribution in [-0.4, -0.2) is 29.5 Å². The van der Waals surface area contributed by atoms with Gasteiger partial charge in [-0.1, -0.05) is 0 Å². The predicted octanol–water partition coefficient (Wildman–Crippen LogP) is 2.91. The Morgan fingerprint density at radius 2 is 2.17 bits per heavy atom. The molecular weight excluding hydrogens is 298 g/mol. The van der Waals surface area contributed by atoms with Crippen molar-refractivity contribution < 1.29 is 14.5 Å². The number of benzene rings is 1. The van der Waals surface area contributed by atoms with E-state index in [1.165, 1.54) is 25.3 Å². The number of rotatable bonds is 3. The first-order valence-electron chi connectivity index (χ1n) is 7.42. The van der Waals surface area contributed by atoms with Gasteiger partial charge in [0.25, 0.3) is 5.91 Å². The van der Waals surface area contributed by atoms with E-state index in [1.807, 2.05) is 12.3 Å². The van der Waals surface area contributed by atoms with Gasteiger partial charge in [-0.05, 0) is 31.4 Å². The maximum Gasteiger partial charge on any atom is 0.310 e. The van der Waals surface area contributed by atoms with Gasteiger partial charge < -0.3 is 14.6 Å². The van der Waals surface area contributed by atoms with E-state index in [0.29, 0.717) is 12.1 Å². The van der Waals surface area contributed by atoms with Crippen molar-refractivity contribution in [2.45, 2.75) is 19.3 Å². The molecule has 2 heterocycles. The summed E-state index contributed by atoms with van der Waals surface area (Å²) in [4.78, 5) is 28.2. The fourth-order valence-electron chi connectivity index (χ4n) is 2.87. The first kappa shape index (κ1) is 15.1. The van der Waals surface area contributed by atoms with Crippen LogP contribution in [0.4, 0.5) is 11.4 Å². The van der Waals surface area contributed by atoms with Crippen molar-refractivity contribution in [3.05, 3.63) is 51.8 Å². The number of amides is 1. The number of methoxy groups -OCH3 is 1. The third-order valence-corrected chi connectivity index (χ3v) is 4.03. The molecular formula is C16H17N3O4. The van der Waals surface area contributed by atoms with E-state index in [9.17, 15) is 14.9 Å². The number of H-pyrrole nitrogens is 1. The van der Waals surface area contributed by atoms with Crippen LogP contribution in [-0.2, 0) is 6.42 Å². The van der Waals surface area contributed by atoms with Gasteiger partial charge >= 0.3 is 5.69 Å². The summed E-state index contributed by atoms with van der Waals surface area (Å²) in [5.41, 5.74) is 2.15. The maximum atomic E-state index is 12.8. The number of nitro benzene ring substituents is 1. The molecule has 1 aromatic heterocycles. The zero-order chi connectivity index (χ0) is 16.4. The van der Waals surface area contributed by atoms with Crippen LogP contribution in [0.3, 0.4) is 0 Å². The highest BCUT2D eigenvalue weighted by atomic mass is 16.6. The number of aromatic amines is 1. The Hall–Kier alpha value is -2.83. The number of nitrogens with zero attached hydrogens (tertiary/aromatic N) is 2. The lowest BCUT2D eigenvalue weighted by atomic mass is 10.1. The number of anilines is 1. The second kappa shape index (κ2) is 6.12. The summed E-state index contributed by atoms with van der Waals surface area (Å²) in [5, 5.41) is 11.0. The molecule has 1 aliphatic heterocycles. The molecule has 0 radical (unpaired) electrons. The first-order valence-corrected chi connectivity index (χ1v) is 7.42. The normalized spacial score (nSPS) is 14.0. The molecule has 0 unspecified atom stereocenters.